The highest BCUT2D eigenvalue weighted by Crippen LogP contribution is 2.34. The van der Waals surface area contributed by atoms with Gasteiger partial charge in [0.2, 0.25) is 5.58 Å². The van der Waals surface area contributed by atoms with E-state index < -0.39 is 0 Å². The minimum atomic E-state index is -0.364. The zero-order valence-electron chi connectivity index (χ0n) is 14.4. The summed E-state index contributed by atoms with van der Waals surface area (Å²) in [7, 11) is 0. The van der Waals surface area contributed by atoms with E-state index in [1.165, 1.54) is 0 Å². The summed E-state index contributed by atoms with van der Waals surface area (Å²) < 4.78 is 16.8. The molecule has 0 saturated heterocycles. The van der Waals surface area contributed by atoms with Gasteiger partial charge in [-0.3, -0.25) is 0 Å². The number of nitrogens with zero attached hydrogens (tertiary/aromatic N) is 2. The minimum Gasteiger partial charge on any atom is -0.462 e. The van der Waals surface area contributed by atoms with Crippen molar-refractivity contribution in [2.75, 3.05) is 6.61 Å². The van der Waals surface area contributed by atoms with Gasteiger partial charge in [0.05, 0.1) is 12.2 Å². The van der Waals surface area contributed by atoms with E-state index in [1.54, 1.807) is 38.1 Å². The first-order valence-corrected chi connectivity index (χ1v) is 8.26. The van der Waals surface area contributed by atoms with Crippen LogP contribution in [-0.2, 0) is 4.74 Å². The highest BCUT2D eigenvalue weighted by Gasteiger charge is 2.16. The molecule has 6 nitrogen and oxygen atoms in total. The Hall–Kier alpha value is -3.41. The maximum absolute atomic E-state index is 11.7. The molecule has 0 unspecified atom stereocenters. The number of carbonyl (C=O) groups excluding carboxylic acids is 1. The first-order chi connectivity index (χ1) is 12.7. The van der Waals surface area contributed by atoms with Gasteiger partial charge in [0.25, 0.3) is 5.88 Å². The zero-order chi connectivity index (χ0) is 18.1. The molecule has 0 N–H and O–H groups in total. The molecular weight excluding hydrogens is 332 g/mol. The van der Waals surface area contributed by atoms with Gasteiger partial charge >= 0.3 is 5.97 Å². The third-order valence-electron chi connectivity index (χ3n) is 3.88. The van der Waals surface area contributed by atoms with E-state index in [4.69, 9.17) is 13.9 Å². The van der Waals surface area contributed by atoms with Crippen molar-refractivity contribution in [3.8, 4) is 11.6 Å². The van der Waals surface area contributed by atoms with Crippen LogP contribution in [-0.4, -0.2) is 22.5 Å². The Morgan fingerprint density at radius 3 is 2.62 bits per heavy atom. The molecule has 0 bridgehead atoms. The summed E-state index contributed by atoms with van der Waals surface area (Å²) in [5.41, 5.74) is 2.40. The quantitative estimate of drug-likeness (QED) is 0.500. The van der Waals surface area contributed by atoms with Gasteiger partial charge in [0, 0.05) is 5.39 Å². The summed E-state index contributed by atoms with van der Waals surface area (Å²) in [6, 6.07) is 14.4. The molecule has 6 heteroatoms. The minimum absolute atomic E-state index is 0.335. The summed E-state index contributed by atoms with van der Waals surface area (Å²) in [6.07, 6.45) is 0. The largest absolute Gasteiger partial charge is 0.462 e. The van der Waals surface area contributed by atoms with Crippen LogP contribution >= 0.6 is 0 Å². The lowest BCUT2D eigenvalue weighted by Gasteiger charge is -2.07. The van der Waals surface area contributed by atoms with Crippen molar-refractivity contribution in [2.24, 2.45) is 0 Å². The molecule has 0 aliphatic carbocycles. The zero-order valence-corrected chi connectivity index (χ0v) is 14.4. The SMILES string of the molecule is CCOC(=O)c1ccc(Oc2nc(C)nc3c2oc2ccccc23)cc1. The standard InChI is InChI=1S/C20H16N2O4/c1-3-24-20(23)13-8-10-14(11-9-13)25-19-18-17(21-12(2)22-19)15-6-4-5-7-16(15)26-18/h4-11H,3H2,1-2H3. The fourth-order valence-electron chi connectivity index (χ4n) is 2.73. The maximum Gasteiger partial charge on any atom is 0.338 e. The van der Waals surface area contributed by atoms with Gasteiger partial charge < -0.3 is 13.9 Å². The van der Waals surface area contributed by atoms with Crippen LogP contribution in [0.25, 0.3) is 22.1 Å². The van der Waals surface area contributed by atoms with Gasteiger partial charge in [0.15, 0.2) is 0 Å². The summed E-state index contributed by atoms with van der Waals surface area (Å²) >= 11 is 0. The Kier molecular flexibility index (Phi) is 4.01. The summed E-state index contributed by atoms with van der Waals surface area (Å²) in [4.78, 5) is 20.6. The third-order valence-corrected chi connectivity index (χ3v) is 3.88. The number of esters is 1. The molecule has 2 aromatic carbocycles. The molecule has 2 heterocycles. The van der Waals surface area contributed by atoms with Crippen LogP contribution < -0.4 is 4.74 Å². The smallest absolute Gasteiger partial charge is 0.338 e. The average Bonchev–Trinajstić information content (AvgIpc) is 3.01. The molecule has 0 atom stereocenters. The second-order valence-electron chi connectivity index (χ2n) is 5.70. The van der Waals surface area contributed by atoms with E-state index in [0.29, 0.717) is 40.7 Å². The number of ether oxygens (including phenoxy) is 2. The van der Waals surface area contributed by atoms with Gasteiger partial charge in [-0.05, 0) is 50.2 Å². The number of rotatable bonds is 4. The lowest BCUT2D eigenvalue weighted by molar-refractivity contribution is 0.0526. The molecule has 0 aliphatic heterocycles. The van der Waals surface area contributed by atoms with Crippen molar-refractivity contribution in [1.29, 1.82) is 0 Å². The predicted molar refractivity (Wildman–Crippen MR) is 96.5 cm³/mol. The van der Waals surface area contributed by atoms with Crippen molar-refractivity contribution >= 4 is 28.0 Å². The Labute approximate surface area is 149 Å². The number of furan rings is 1. The molecule has 0 radical (unpaired) electrons. The molecule has 4 aromatic rings. The van der Waals surface area contributed by atoms with Gasteiger partial charge in [0.1, 0.15) is 22.7 Å². The third kappa shape index (κ3) is 2.86. The van der Waals surface area contributed by atoms with E-state index in [0.717, 1.165) is 11.0 Å². The topological polar surface area (TPSA) is 74.5 Å². The van der Waals surface area contributed by atoms with E-state index in [9.17, 15) is 4.79 Å². The van der Waals surface area contributed by atoms with Crippen LogP contribution in [0.5, 0.6) is 11.6 Å². The first-order valence-electron chi connectivity index (χ1n) is 8.26. The maximum atomic E-state index is 11.7. The van der Waals surface area contributed by atoms with E-state index in [2.05, 4.69) is 9.97 Å². The van der Waals surface area contributed by atoms with Crippen LogP contribution in [0.2, 0.25) is 0 Å². The molecule has 0 saturated carbocycles. The van der Waals surface area contributed by atoms with Gasteiger partial charge in [-0.1, -0.05) is 12.1 Å². The van der Waals surface area contributed by atoms with Crippen molar-refractivity contribution in [1.82, 2.24) is 9.97 Å². The second kappa shape index (κ2) is 6.48. The van der Waals surface area contributed by atoms with Crippen molar-refractivity contribution in [3.63, 3.8) is 0 Å². The highest BCUT2D eigenvalue weighted by molar-refractivity contribution is 6.03. The lowest BCUT2D eigenvalue weighted by Crippen LogP contribution is -2.04. The molecule has 0 spiro atoms. The molecule has 0 fully saturated rings. The molecule has 0 aliphatic rings. The number of benzene rings is 2. The molecule has 130 valence electrons. The second-order valence-corrected chi connectivity index (χ2v) is 5.70. The number of aromatic nitrogens is 2. The molecular formula is C20H16N2O4. The molecule has 2 aromatic heterocycles. The summed E-state index contributed by atoms with van der Waals surface area (Å²) in [5, 5.41) is 0.913. The van der Waals surface area contributed by atoms with Gasteiger partial charge in [-0.2, -0.15) is 4.98 Å². The fraction of sp³-hybridized carbons (Fsp3) is 0.150. The number of hydrogen-bond donors (Lipinski definition) is 0. The monoisotopic (exact) mass is 348 g/mol. The predicted octanol–water partition coefficient (Wildman–Crippen LogP) is 4.65. The van der Waals surface area contributed by atoms with Crippen molar-refractivity contribution in [2.45, 2.75) is 13.8 Å². The Bertz CT molecular complexity index is 1100. The number of carbonyl (C=O) groups is 1. The van der Waals surface area contributed by atoms with Crippen molar-refractivity contribution < 1.29 is 18.7 Å². The summed E-state index contributed by atoms with van der Waals surface area (Å²) in [6.45, 7) is 3.91. The Balaban J connectivity index is 1.72. The molecule has 26 heavy (non-hydrogen) atoms. The first kappa shape index (κ1) is 16.1. The van der Waals surface area contributed by atoms with Crippen LogP contribution in [0.15, 0.2) is 52.9 Å². The Morgan fingerprint density at radius 1 is 1.08 bits per heavy atom. The highest BCUT2D eigenvalue weighted by atomic mass is 16.5. The Morgan fingerprint density at radius 2 is 1.85 bits per heavy atom. The number of para-hydroxylation sites is 1. The van der Waals surface area contributed by atoms with E-state index in [1.807, 2.05) is 24.3 Å². The number of fused-ring (bicyclic) bond motifs is 3. The fourth-order valence-corrected chi connectivity index (χ4v) is 2.73. The van der Waals surface area contributed by atoms with E-state index in [-0.39, 0.29) is 5.97 Å². The van der Waals surface area contributed by atoms with Crippen LogP contribution in [0.3, 0.4) is 0 Å². The van der Waals surface area contributed by atoms with Crippen LogP contribution in [0.1, 0.15) is 23.1 Å². The normalized spacial score (nSPS) is 11.0. The van der Waals surface area contributed by atoms with E-state index >= 15 is 0 Å². The molecule has 0 amide bonds. The van der Waals surface area contributed by atoms with Gasteiger partial charge in [-0.15, -0.1) is 0 Å². The van der Waals surface area contributed by atoms with Crippen LogP contribution in [0.4, 0.5) is 0 Å². The summed E-state index contributed by atoms with van der Waals surface area (Å²) in [5.74, 6) is 1.10. The lowest BCUT2D eigenvalue weighted by atomic mass is 10.2. The van der Waals surface area contributed by atoms with Crippen LogP contribution in [0, 0.1) is 6.92 Å². The number of aryl methyl sites for hydroxylation is 1. The number of hydrogen-bond acceptors (Lipinski definition) is 6. The van der Waals surface area contributed by atoms with Crippen molar-refractivity contribution in [3.05, 3.63) is 59.9 Å². The molecule has 4 rings (SSSR count). The average molecular weight is 348 g/mol. The van der Waals surface area contributed by atoms with Gasteiger partial charge in [-0.25, -0.2) is 9.78 Å².